The van der Waals surface area contributed by atoms with E-state index < -0.39 is 33.9 Å². The molecule has 18 heavy (non-hydrogen) atoms. The summed E-state index contributed by atoms with van der Waals surface area (Å²) in [5, 5.41) is 0. The molecule has 1 N–H and O–H groups in total. The maximum Gasteiger partial charge on any atom is 0.416 e. The molecule has 0 saturated carbocycles. The molecule has 0 saturated heterocycles. The van der Waals surface area contributed by atoms with E-state index in [1.165, 1.54) is 0 Å². The van der Waals surface area contributed by atoms with E-state index in [-0.39, 0.29) is 17.3 Å². The standard InChI is InChI=1S/C9H9F3O4S2/c10-9(11,12)7-1-3-8(4-2-7)16-18(15)6-5-17(13)14/h1-4H,5-6H2,(H,13,14). The smallest absolute Gasteiger partial charge is 0.401 e. The van der Waals surface area contributed by atoms with E-state index >= 15 is 0 Å². The van der Waals surface area contributed by atoms with E-state index in [2.05, 4.69) is 0 Å². The van der Waals surface area contributed by atoms with Crippen LogP contribution in [0.4, 0.5) is 13.2 Å². The van der Waals surface area contributed by atoms with Crippen LogP contribution in [0.25, 0.3) is 0 Å². The molecule has 1 aromatic carbocycles. The Bertz CT molecular complexity index is 444. The van der Waals surface area contributed by atoms with Crippen LogP contribution < -0.4 is 4.18 Å². The molecule has 9 heteroatoms. The first kappa shape index (κ1) is 15.1. The van der Waals surface area contributed by atoms with E-state index in [4.69, 9.17) is 8.74 Å². The highest BCUT2D eigenvalue weighted by Gasteiger charge is 2.30. The van der Waals surface area contributed by atoms with Gasteiger partial charge in [-0.2, -0.15) is 13.2 Å². The molecule has 0 radical (unpaired) electrons. The van der Waals surface area contributed by atoms with Crippen molar-refractivity contribution in [2.45, 2.75) is 6.18 Å². The lowest BCUT2D eigenvalue weighted by Crippen LogP contribution is -2.12. The van der Waals surface area contributed by atoms with Gasteiger partial charge in [0.1, 0.15) is 5.75 Å². The zero-order valence-corrected chi connectivity index (χ0v) is 10.5. The van der Waals surface area contributed by atoms with Gasteiger partial charge in [-0.25, -0.2) is 8.42 Å². The molecule has 0 aliphatic carbocycles. The van der Waals surface area contributed by atoms with Gasteiger partial charge < -0.3 is 8.74 Å². The van der Waals surface area contributed by atoms with Gasteiger partial charge in [-0.15, -0.1) is 0 Å². The zero-order valence-electron chi connectivity index (χ0n) is 8.85. The van der Waals surface area contributed by atoms with Crippen LogP contribution in [-0.2, 0) is 28.3 Å². The van der Waals surface area contributed by atoms with E-state index in [0.717, 1.165) is 24.3 Å². The van der Waals surface area contributed by atoms with E-state index in [1.807, 2.05) is 0 Å². The fourth-order valence-electron chi connectivity index (χ4n) is 0.988. The number of hydrogen-bond donors (Lipinski definition) is 1. The molecule has 1 aromatic rings. The molecular formula is C9H9F3O4S2. The van der Waals surface area contributed by atoms with Gasteiger partial charge in [-0.1, -0.05) is 0 Å². The Kier molecular flexibility index (Phi) is 5.29. The van der Waals surface area contributed by atoms with Crippen molar-refractivity contribution in [3.63, 3.8) is 0 Å². The van der Waals surface area contributed by atoms with Gasteiger partial charge in [0.05, 0.1) is 17.1 Å². The second kappa shape index (κ2) is 6.30. The van der Waals surface area contributed by atoms with E-state index in [1.54, 1.807) is 0 Å². The average molecular weight is 302 g/mol. The van der Waals surface area contributed by atoms with Gasteiger partial charge in [-0.05, 0) is 24.3 Å². The van der Waals surface area contributed by atoms with Crippen LogP contribution in [-0.4, -0.2) is 24.5 Å². The van der Waals surface area contributed by atoms with Crippen LogP contribution in [0, 0.1) is 0 Å². The highest BCUT2D eigenvalue weighted by Crippen LogP contribution is 2.30. The Morgan fingerprint density at radius 1 is 1.11 bits per heavy atom. The molecular weight excluding hydrogens is 293 g/mol. The Balaban J connectivity index is 2.59. The third-order valence-electron chi connectivity index (χ3n) is 1.80. The Labute approximate surface area is 106 Å². The SMILES string of the molecule is O=S(O)CCS(=O)Oc1ccc(C(F)(F)F)cc1. The second-order valence-electron chi connectivity index (χ2n) is 3.14. The first-order valence-electron chi connectivity index (χ1n) is 4.60. The molecule has 0 aliphatic heterocycles. The first-order chi connectivity index (χ1) is 8.29. The Morgan fingerprint density at radius 2 is 1.67 bits per heavy atom. The van der Waals surface area contributed by atoms with Crippen LogP contribution >= 0.6 is 0 Å². The van der Waals surface area contributed by atoms with Crippen LogP contribution in [0.5, 0.6) is 5.75 Å². The summed E-state index contributed by atoms with van der Waals surface area (Å²) in [6.45, 7) is 0. The minimum absolute atomic E-state index is 0.00468. The number of halogens is 3. The minimum atomic E-state index is -4.44. The second-order valence-corrected chi connectivity index (χ2v) is 5.37. The maximum absolute atomic E-state index is 12.2. The van der Waals surface area contributed by atoms with E-state index in [9.17, 15) is 21.6 Å². The van der Waals surface area contributed by atoms with Crippen molar-refractivity contribution in [1.29, 1.82) is 0 Å². The van der Waals surface area contributed by atoms with Crippen molar-refractivity contribution in [1.82, 2.24) is 0 Å². The summed E-state index contributed by atoms with van der Waals surface area (Å²) in [5.74, 6) is -0.401. The molecule has 2 unspecified atom stereocenters. The van der Waals surface area contributed by atoms with E-state index in [0.29, 0.717) is 0 Å². The van der Waals surface area contributed by atoms with Crippen molar-refractivity contribution in [2.24, 2.45) is 0 Å². The number of hydrogen-bond acceptors (Lipinski definition) is 3. The molecule has 0 bridgehead atoms. The summed E-state index contributed by atoms with van der Waals surface area (Å²) in [4.78, 5) is 0. The van der Waals surface area contributed by atoms with Gasteiger partial charge in [0, 0.05) is 0 Å². The predicted octanol–water partition coefficient (Wildman–Crippen LogP) is 1.97. The third kappa shape index (κ3) is 5.15. The highest BCUT2D eigenvalue weighted by molar-refractivity contribution is 7.83. The summed E-state index contributed by atoms with van der Waals surface area (Å²) >= 11 is -3.94. The summed E-state index contributed by atoms with van der Waals surface area (Å²) in [7, 11) is 0. The molecule has 1 rings (SSSR count). The van der Waals surface area contributed by atoms with Crippen LogP contribution in [0.3, 0.4) is 0 Å². The quantitative estimate of drug-likeness (QED) is 0.845. The first-order valence-corrected chi connectivity index (χ1v) is 7.12. The topological polar surface area (TPSA) is 63.6 Å². The van der Waals surface area contributed by atoms with Crippen molar-refractivity contribution < 1.29 is 30.3 Å². The molecule has 2 atom stereocenters. The van der Waals surface area contributed by atoms with Gasteiger partial charge in [0.2, 0.25) is 11.1 Å². The largest absolute Gasteiger partial charge is 0.416 e. The number of rotatable bonds is 5. The lowest BCUT2D eigenvalue weighted by molar-refractivity contribution is -0.137. The van der Waals surface area contributed by atoms with Crippen LogP contribution in [0.2, 0.25) is 0 Å². The summed E-state index contributed by atoms with van der Waals surface area (Å²) in [5.41, 5.74) is -0.836. The normalized spacial score (nSPS) is 15.1. The fraction of sp³-hybridized carbons (Fsp3) is 0.333. The number of alkyl halides is 3. The third-order valence-corrected chi connectivity index (χ3v) is 3.52. The minimum Gasteiger partial charge on any atom is -0.401 e. The van der Waals surface area contributed by atoms with Gasteiger partial charge >= 0.3 is 6.18 Å². The molecule has 0 heterocycles. The lowest BCUT2D eigenvalue weighted by Gasteiger charge is -2.08. The van der Waals surface area contributed by atoms with Gasteiger partial charge in [0.15, 0.2) is 11.1 Å². The van der Waals surface area contributed by atoms with Crippen molar-refractivity contribution in [3.05, 3.63) is 29.8 Å². The van der Waals surface area contributed by atoms with Crippen LogP contribution in [0.15, 0.2) is 24.3 Å². The summed E-state index contributed by atoms with van der Waals surface area (Å²) < 4.78 is 71.5. The van der Waals surface area contributed by atoms with Crippen molar-refractivity contribution in [3.8, 4) is 5.75 Å². The fourth-order valence-corrected chi connectivity index (χ4v) is 2.51. The summed E-state index contributed by atoms with van der Waals surface area (Å²) in [6.07, 6.45) is -4.44. The molecule has 0 spiro atoms. The van der Waals surface area contributed by atoms with Crippen molar-refractivity contribution in [2.75, 3.05) is 11.5 Å². The molecule has 102 valence electrons. The van der Waals surface area contributed by atoms with Gasteiger partial charge in [-0.3, -0.25) is 0 Å². The molecule has 0 amide bonds. The Hall–Kier alpha value is -0.930. The molecule has 0 fully saturated rings. The predicted molar refractivity (Wildman–Crippen MR) is 60.7 cm³/mol. The van der Waals surface area contributed by atoms with Crippen molar-refractivity contribution >= 4 is 22.2 Å². The number of benzene rings is 1. The summed E-state index contributed by atoms with van der Waals surface area (Å²) in [6, 6.07) is 3.68. The molecule has 0 aromatic heterocycles. The highest BCUT2D eigenvalue weighted by atomic mass is 32.2. The maximum atomic E-state index is 12.2. The lowest BCUT2D eigenvalue weighted by atomic mass is 10.2. The molecule has 4 nitrogen and oxygen atoms in total. The average Bonchev–Trinajstić information content (AvgIpc) is 2.26. The van der Waals surface area contributed by atoms with Gasteiger partial charge in [0.25, 0.3) is 0 Å². The zero-order chi connectivity index (χ0) is 13.8. The van der Waals surface area contributed by atoms with Crippen LogP contribution in [0.1, 0.15) is 5.56 Å². The monoisotopic (exact) mass is 302 g/mol. The Morgan fingerprint density at radius 3 is 2.11 bits per heavy atom. The molecule has 0 aliphatic rings.